The molecule has 2 aliphatic rings. The quantitative estimate of drug-likeness (QED) is 0.808. The van der Waals surface area contributed by atoms with Crippen LogP contribution in [-0.4, -0.2) is 29.1 Å². The van der Waals surface area contributed by atoms with Crippen LogP contribution in [0.5, 0.6) is 0 Å². The van der Waals surface area contributed by atoms with E-state index in [1.54, 1.807) is 0 Å². The molecule has 0 spiro atoms. The molecule has 5 atom stereocenters. The van der Waals surface area contributed by atoms with E-state index in [9.17, 15) is 4.79 Å². The second-order valence-electron chi connectivity index (χ2n) is 7.57. The molecule has 3 nitrogen and oxygen atoms in total. The lowest BCUT2D eigenvalue weighted by Gasteiger charge is -2.34. The molecular weight excluding hydrogens is 260 g/mol. The maximum Gasteiger partial charge on any atom is 0.241 e. The first-order valence-corrected chi connectivity index (χ1v) is 9.07. The van der Waals surface area contributed by atoms with E-state index < -0.39 is 0 Å². The Hall–Kier alpha value is -0.570. The van der Waals surface area contributed by atoms with Crippen molar-refractivity contribution in [1.82, 2.24) is 10.2 Å². The van der Waals surface area contributed by atoms with Crippen molar-refractivity contribution < 1.29 is 4.79 Å². The summed E-state index contributed by atoms with van der Waals surface area (Å²) in [6.07, 6.45) is 7.19. The van der Waals surface area contributed by atoms with Crippen molar-refractivity contribution in [3.05, 3.63) is 0 Å². The third kappa shape index (κ3) is 3.44. The van der Waals surface area contributed by atoms with Crippen LogP contribution in [0, 0.1) is 17.8 Å². The predicted octanol–water partition coefficient (Wildman–Crippen LogP) is 3.78. The van der Waals surface area contributed by atoms with E-state index in [-0.39, 0.29) is 12.2 Å². The third-order valence-corrected chi connectivity index (χ3v) is 5.62. The summed E-state index contributed by atoms with van der Waals surface area (Å²) in [5, 5.41) is 3.63. The van der Waals surface area contributed by atoms with Gasteiger partial charge in [0.1, 0.15) is 0 Å². The highest BCUT2D eigenvalue weighted by atomic mass is 16.2. The minimum atomic E-state index is 0.0504. The zero-order chi connectivity index (χ0) is 15.6. The standard InChI is InChI=1S/C18H34N2O/c1-6-8-17-19-15(11-12(3)4)18(21)20(17)16-10-9-14(7-2)13(16)5/h12-17,19H,6-11H2,1-5H3. The molecule has 21 heavy (non-hydrogen) atoms. The van der Waals surface area contributed by atoms with E-state index in [4.69, 9.17) is 0 Å². The fourth-order valence-electron chi connectivity index (χ4n) is 4.44. The van der Waals surface area contributed by atoms with Gasteiger partial charge in [0, 0.05) is 6.04 Å². The molecule has 3 heteroatoms. The van der Waals surface area contributed by atoms with E-state index >= 15 is 0 Å². The first kappa shape index (κ1) is 16.8. The Morgan fingerprint density at radius 3 is 2.52 bits per heavy atom. The van der Waals surface area contributed by atoms with Crippen LogP contribution in [-0.2, 0) is 4.79 Å². The lowest BCUT2D eigenvalue weighted by Crippen LogP contribution is -2.46. The molecule has 0 bridgehead atoms. The van der Waals surface area contributed by atoms with Crippen LogP contribution in [0.3, 0.4) is 0 Å². The Labute approximate surface area is 130 Å². The van der Waals surface area contributed by atoms with Crippen molar-refractivity contribution in [3.8, 4) is 0 Å². The molecule has 5 unspecified atom stereocenters. The van der Waals surface area contributed by atoms with Crippen LogP contribution in [0.25, 0.3) is 0 Å². The lowest BCUT2D eigenvalue weighted by atomic mass is 9.92. The number of amides is 1. The second-order valence-corrected chi connectivity index (χ2v) is 7.57. The smallest absolute Gasteiger partial charge is 0.241 e. The average Bonchev–Trinajstić information content (AvgIpc) is 2.91. The van der Waals surface area contributed by atoms with E-state index in [1.165, 1.54) is 19.3 Å². The zero-order valence-corrected chi connectivity index (χ0v) is 14.6. The summed E-state index contributed by atoms with van der Waals surface area (Å²) in [6, 6.07) is 0.512. The number of rotatable bonds is 6. The molecule has 1 aliphatic heterocycles. The molecule has 2 fully saturated rings. The molecule has 0 aromatic rings. The molecule has 0 aromatic heterocycles. The SMILES string of the molecule is CCCC1NC(CC(C)C)C(=O)N1C1CCC(CC)C1C. The maximum atomic E-state index is 12.9. The Morgan fingerprint density at radius 1 is 1.29 bits per heavy atom. The van der Waals surface area contributed by atoms with Crippen molar-refractivity contribution in [2.24, 2.45) is 17.8 Å². The summed E-state index contributed by atoms with van der Waals surface area (Å²) < 4.78 is 0. The van der Waals surface area contributed by atoms with Crippen LogP contribution in [0.1, 0.15) is 73.1 Å². The van der Waals surface area contributed by atoms with Crippen LogP contribution < -0.4 is 5.32 Å². The van der Waals surface area contributed by atoms with Crippen molar-refractivity contribution in [2.45, 2.75) is 91.4 Å². The molecule has 1 N–H and O–H groups in total. The summed E-state index contributed by atoms with van der Waals surface area (Å²) in [7, 11) is 0. The number of carbonyl (C=O) groups excluding carboxylic acids is 1. The fourth-order valence-corrected chi connectivity index (χ4v) is 4.44. The summed E-state index contributed by atoms with van der Waals surface area (Å²) >= 11 is 0. The van der Waals surface area contributed by atoms with Gasteiger partial charge in [-0.05, 0) is 43.4 Å². The zero-order valence-electron chi connectivity index (χ0n) is 14.6. The largest absolute Gasteiger partial charge is 0.323 e. The van der Waals surface area contributed by atoms with E-state index in [0.717, 1.165) is 25.2 Å². The van der Waals surface area contributed by atoms with E-state index in [1.807, 2.05) is 0 Å². The lowest BCUT2D eigenvalue weighted by molar-refractivity contribution is -0.133. The van der Waals surface area contributed by atoms with Gasteiger partial charge in [-0.2, -0.15) is 0 Å². The van der Waals surface area contributed by atoms with Gasteiger partial charge in [0.05, 0.1) is 12.2 Å². The first-order chi connectivity index (χ1) is 9.99. The van der Waals surface area contributed by atoms with Crippen molar-refractivity contribution in [1.29, 1.82) is 0 Å². The van der Waals surface area contributed by atoms with Gasteiger partial charge in [0.15, 0.2) is 0 Å². The van der Waals surface area contributed by atoms with Crippen LogP contribution in [0.15, 0.2) is 0 Å². The highest BCUT2D eigenvalue weighted by molar-refractivity contribution is 5.84. The van der Waals surface area contributed by atoms with Gasteiger partial charge in [-0.1, -0.05) is 47.5 Å². The van der Waals surface area contributed by atoms with Gasteiger partial charge < -0.3 is 4.90 Å². The number of carbonyl (C=O) groups is 1. The monoisotopic (exact) mass is 294 g/mol. The third-order valence-electron chi connectivity index (χ3n) is 5.62. The molecule has 0 radical (unpaired) electrons. The Bertz CT molecular complexity index is 355. The van der Waals surface area contributed by atoms with Gasteiger partial charge >= 0.3 is 0 Å². The molecule has 1 heterocycles. The first-order valence-electron chi connectivity index (χ1n) is 9.07. The van der Waals surface area contributed by atoms with Crippen molar-refractivity contribution in [2.75, 3.05) is 0 Å². The number of nitrogens with one attached hydrogen (secondary N) is 1. The van der Waals surface area contributed by atoms with Crippen LogP contribution in [0.2, 0.25) is 0 Å². The Kier molecular flexibility index (Phi) is 5.70. The molecule has 1 saturated heterocycles. The molecule has 122 valence electrons. The number of nitrogens with zero attached hydrogens (tertiary/aromatic N) is 1. The number of hydrogen-bond donors (Lipinski definition) is 1. The van der Waals surface area contributed by atoms with E-state index in [0.29, 0.717) is 23.8 Å². The van der Waals surface area contributed by atoms with Gasteiger partial charge in [0.2, 0.25) is 5.91 Å². The van der Waals surface area contributed by atoms with E-state index in [2.05, 4.69) is 44.8 Å². The molecule has 0 aromatic carbocycles. The average molecular weight is 294 g/mol. The highest BCUT2D eigenvalue weighted by Crippen LogP contribution is 2.39. The van der Waals surface area contributed by atoms with Gasteiger partial charge in [-0.15, -0.1) is 0 Å². The molecule has 1 saturated carbocycles. The van der Waals surface area contributed by atoms with Gasteiger partial charge in [0.25, 0.3) is 0 Å². The van der Waals surface area contributed by atoms with Gasteiger partial charge in [-0.3, -0.25) is 10.1 Å². The minimum Gasteiger partial charge on any atom is -0.323 e. The van der Waals surface area contributed by atoms with Crippen LogP contribution >= 0.6 is 0 Å². The summed E-state index contributed by atoms with van der Waals surface area (Å²) in [6.45, 7) is 11.3. The summed E-state index contributed by atoms with van der Waals surface area (Å²) in [5.41, 5.74) is 0. The molecular formula is C18H34N2O. The summed E-state index contributed by atoms with van der Waals surface area (Å²) in [5.74, 6) is 2.39. The van der Waals surface area contributed by atoms with Crippen molar-refractivity contribution in [3.63, 3.8) is 0 Å². The fraction of sp³-hybridized carbons (Fsp3) is 0.944. The minimum absolute atomic E-state index is 0.0504. The topological polar surface area (TPSA) is 32.3 Å². The highest BCUT2D eigenvalue weighted by Gasteiger charge is 2.46. The van der Waals surface area contributed by atoms with Crippen LogP contribution in [0.4, 0.5) is 0 Å². The molecule has 1 aliphatic carbocycles. The normalized spacial score (nSPS) is 37.0. The molecule has 2 rings (SSSR count). The summed E-state index contributed by atoms with van der Waals surface area (Å²) in [4.78, 5) is 15.2. The second kappa shape index (κ2) is 7.13. The maximum absolute atomic E-state index is 12.9. The van der Waals surface area contributed by atoms with Gasteiger partial charge in [-0.25, -0.2) is 0 Å². The Balaban J connectivity index is 2.13. The predicted molar refractivity (Wildman–Crippen MR) is 87.9 cm³/mol. The molecule has 1 amide bonds. The van der Waals surface area contributed by atoms with Crippen molar-refractivity contribution >= 4 is 5.91 Å². The number of hydrogen-bond acceptors (Lipinski definition) is 2. The Morgan fingerprint density at radius 2 is 2.00 bits per heavy atom.